The van der Waals surface area contributed by atoms with E-state index in [4.69, 9.17) is 4.74 Å². The zero-order chi connectivity index (χ0) is 19.2. The van der Waals surface area contributed by atoms with E-state index >= 15 is 0 Å². The molecule has 0 radical (unpaired) electrons. The summed E-state index contributed by atoms with van der Waals surface area (Å²) in [5.74, 6) is 1.43. The number of nitrogens with zero attached hydrogens (tertiary/aromatic N) is 1. The molecule has 1 aliphatic rings. The van der Waals surface area contributed by atoms with E-state index in [9.17, 15) is 9.59 Å². The van der Waals surface area contributed by atoms with E-state index in [-0.39, 0.29) is 11.8 Å². The van der Waals surface area contributed by atoms with E-state index in [2.05, 4.69) is 19.2 Å². The molecule has 1 atom stereocenters. The molecule has 0 bridgehead atoms. The quantitative estimate of drug-likeness (QED) is 0.736. The van der Waals surface area contributed by atoms with Crippen molar-refractivity contribution < 1.29 is 14.3 Å². The molecular formula is C21H32N2O3. The lowest BCUT2D eigenvalue weighted by molar-refractivity contribution is -0.140. The number of benzene rings is 1. The largest absolute Gasteiger partial charge is 0.494 e. The van der Waals surface area contributed by atoms with Crippen LogP contribution in [-0.2, 0) is 16.0 Å². The zero-order valence-corrected chi connectivity index (χ0v) is 16.5. The Labute approximate surface area is 157 Å². The summed E-state index contributed by atoms with van der Waals surface area (Å²) >= 11 is 0. The average Bonchev–Trinajstić information content (AvgIpc) is 2.90. The number of nitrogens with one attached hydrogen (secondary N) is 1. The molecule has 2 rings (SSSR count). The summed E-state index contributed by atoms with van der Waals surface area (Å²) in [6, 6.07) is 7.93. The van der Waals surface area contributed by atoms with Crippen molar-refractivity contribution in [1.82, 2.24) is 10.2 Å². The molecule has 5 heteroatoms. The highest BCUT2D eigenvalue weighted by Gasteiger charge is 2.46. The summed E-state index contributed by atoms with van der Waals surface area (Å²) in [5, 5.41) is 3.02. The van der Waals surface area contributed by atoms with Crippen molar-refractivity contribution in [2.24, 2.45) is 5.92 Å². The molecule has 0 saturated carbocycles. The monoisotopic (exact) mass is 360 g/mol. The second-order valence-corrected chi connectivity index (χ2v) is 7.58. The predicted molar refractivity (Wildman–Crippen MR) is 103 cm³/mol. The van der Waals surface area contributed by atoms with Crippen LogP contribution >= 0.6 is 0 Å². The Morgan fingerprint density at radius 2 is 2.00 bits per heavy atom. The van der Waals surface area contributed by atoms with E-state index in [0.29, 0.717) is 38.5 Å². The van der Waals surface area contributed by atoms with Gasteiger partial charge in [-0.15, -0.1) is 0 Å². The van der Waals surface area contributed by atoms with Crippen LogP contribution in [0.15, 0.2) is 24.3 Å². The first-order valence-corrected chi connectivity index (χ1v) is 9.67. The van der Waals surface area contributed by atoms with Gasteiger partial charge in [-0.25, -0.2) is 0 Å². The van der Waals surface area contributed by atoms with Gasteiger partial charge < -0.3 is 15.0 Å². The standard InChI is InChI=1S/C21H32N2O3/c1-5-26-18-8-6-17(7-9-18)12-15-23-19(24)10-13-21(23,4)20(25)22-14-11-16(2)3/h6-9,16H,5,10-15H2,1-4H3,(H,22,25)/t21-/m0/s1. The number of likely N-dealkylation sites (tertiary alicyclic amines) is 1. The van der Waals surface area contributed by atoms with Gasteiger partial charge in [0.15, 0.2) is 0 Å². The molecule has 1 aromatic rings. The molecule has 1 fully saturated rings. The van der Waals surface area contributed by atoms with Crippen molar-refractivity contribution >= 4 is 11.8 Å². The fourth-order valence-corrected chi connectivity index (χ4v) is 3.33. The third kappa shape index (κ3) is 4.99. The van der Waals surface area contributed by atoms with Crippen LogP contribution < -0.4 is 10.1 Å². The summed E-state index contributed by atoms with van der Waals surface area (Å²) in [5.41, 5.74) is 0.398. The lowest BCUT2D eigenvalue weighted by Gasteiger charge is -2.34. The zero-order valence-electron chi connectivity index (χ0n) is 16.5. The highest BCUT2D eigenvalue weighted by atomic mass is 16.5. The topological polar surface area (TPSA) is 58.6 Å². The number of carbonyl (C=O) groups is 2. The molecule has 1 N–H and O–H groups in total. The van der Waals surface area contributed by atoms with Gasteiger partial charge in [0.05, 0.1) is 6.61 Å². The van der Waals surface area contributed by atoms with Gasteiger partial charge >= 0.3 is 0 Å². The molecule has 0 aromatic heterocycles. The van der Waals surface area contributed by atoms with Crippen LogP contribution in [0.1, 0.15) is 52.5 Å². The number of hydrogen-bond donors (Lipinski definition) is 1. The van der Waals surface area contributed by atoms with E-state index in [1.165, 1.54) is 0 Å². The normalized spacial score (nSPS) is 19.9. The van der Waals surface area contributed by atoms with Crippen molar-refractivity contribution in [3.05, 3.63) is 29.8 Å². The number of amides is 2. The third-order valence-corrected chi connectivity index (χ3v) is 5.08. The van der Waals surface area contributed by atoms with Crippen LogP contribution in [0.4, 0.5) is 0 Å². The lowest BCUT2D eigenvalue weighted by Crippen LogP contribution is -2.55. The average molecular weight is 360 g/mol. The number of hydrogen-bond acceptors (Lipinski definition) is 3. The second-order valence-electron chi connectivity index (χ2n) is 7.58. The van der Waals surface area contributed by atoms with Gasteiger partial charge in [0.1, 0.15) is 11.3 Å². The maximum absolute atomic E-state index is 12.7. The van der Waals surface area contributed by atoms with Gasteiger partial charge in [0.2, 0.25) is 11.8 Å². The lowest BCUT2D eigenvalue weighted by atomic mass is 9.97. The van der Waals surface area contributed by atoms with Gasteiger partial charge in [-0.2, -0.15) is 0 Å². The fourth-order valence-electron chi connectivity index (χ4n) is 3.33. The SMILES string of the molecule is CCOc1ccc(CCN2C(=O)CC[C@@]2(C)C(=O)NCCC(C)C)cc1. The summed E-state index contributed by atoms with van der Waals surface area (Å²) in [6.45, 7) is 9.98. The molecule has 0 aliphatic carbocycles. The van der Waals surface area contributed by atoms with Crippen LogP contribution in [0, 0.1) is 5.92 Å². The highest BCUT2D eigenvalue weighted by Crippen LogP contribution is 2.30. The Hall–Kier alpha value is -2.04. The Bertz CT molecular complexity index is 612. The molecule has 0 unspecified atom stereocenters. The highest BCUT2D eigenvalue weighted by molar-refractivity contribution is 5.94. The first-order valence-electron chi connectivity index (χ1n) is 9.67. The second kappa shape index (κ2) is 9.06. The molecule has 26 heavy (non-hydrogen) atoms. The van der Waals surface area contributed by atoms with Gasteiger partial charge in [-0.05, 0) is 56.7 Å². The smallest absolute Gasteiger partial charge is 0.245 e. The van der Waals surface area contributed by atoms with Crippen LogP contribution in [0.2, 0.25) is 0 Å². The predicted octanol–water partition coefficient (Wildman–Crippen LogP) is 3.17. The Morgan fingerprint density at radius 1 is 1.31 bits per heavy atom. The summed E-state index contributed by atoms with van der Waals surface area (Å²) < 4.78 is 5.46. The van der Waals surface area contributed by atoms with E-state index in [1.807, 2.05) is 38.1 Å². The van der Waals surface area contributed by atoms with Crippen LogP contribution in [-0.4, -0.2) is 41.9 Å². The summed E-state index contributed by atoms with van der Waals surface area (Å²) in [4.78, 5) is 26.8. The molecular weight excluding hydrogens is 328 g/mol. The number of rotatable bonds is 9. The Morgan fingerprint density at radius 3 is 2.62 bits per heavy atom. The Kier molecular flexibility index (Phi) is 7.06. The van der Waals surface area contributed by atoms with Crippen LogP contribution in [0.25, 0.3) is 0 Å². The van der Waals surface area contributed by atoms with Crippen LogP contribution in [0.3, 0.4) is 0 Å². The molecule has 1 saturated heterocycles. The molecule has 1 aliphatic heterocycles. The molecule has 2 amide bonds. The van der Waals surface area contributed by atoms with Gasteiger partial charge in [0, 0.05) is 19.5 Å². The minimum atomic E-state index is -0.737. The van der Waals surface area contributed by atoms with Crippen molar-refractivity contribution in [2.75, 3.05) is 19.7 Å². The van der Waals surface area contributed by atoms with Crippen molar-refractivity contribution in [1.29, 1.82) is 0 Å². The Balaban J connectivity index is 1.96. The van der Waals surface area contributed by atoms with E-state index < -0.39 is 5.54 Å². The maximum atomic E-state index is 12.7. The minimum Gasteiger partial charge on any atom is -0.494 e. The number of ether oxygens (including phenoxy) is 1. The molecule has 5 nitrogen and oxygen atoms in total. The first-order chi connectivity index (χ1) is 12.4. The molecule has 0 spiro atoms. The molecule has 144 valence electrons. The van der Waals surface area contributed by atoms with E-state index in [0.717, 1.165) is 24.2 Å². The third-order valence-electron chi connectivity index (χ3n) is 5.08. The minimum absolute atomic E-state index is 0.0318. The van der Waals surface area contributed by atoms with Crippen molar-refractivity contribution in [2.45, 2.75) is 58.9 Å². The van der Waals surface area contributed by atoms with E-state index in [1.54, 1.807) is 4.90 Å². The summed E-state index contributed by atoms with van der Waals surface area (Å²) in [7, 11) is 0. The summed E-state index contributed by atoms with van der Waals surface area (Å²) in [6.07, 6.45) is 2.70. The van der Waals surface area contributed by atoms with Gasteiger partial charge in [0.25, 0.3) is 0 Å². The van der Waals surface area contributed by atoms with Gasteiger partial charge in [-0.1, -0.05) is 26.0 Å². The molecule has 1 heterocycles. The van der Waals surface area contributed by atoms with Crippen molar-refractivity contribution in [3.8, 4) is 5.75 Å². The van der Waals surface area contributed by atoms with Crippen molar-refractivity contribution in [3.63, 3.8) is 0 Å². The molecule has 1 aromatic carbocycles. The maximum Gasteiger partial charge on any atom is 0.245 e. The van der Waals surface area contributed by atoms with Gasteiger partial charge in [-0.3, -0.25) is 9.59 Å². The fraction of sp³-hybridized carbons (Fsp3) is 0.619. The van der Waals surface area contributed by atoms with Crippen LogP contribution in [0.5, 0.6) is 5.75 Å². The first kappa shape index (κ1) is 20.3. The number of carbonyl (C=O) groups excluding carboxylic acids is 2.